The van der Waals surface area contributed by atoms with Crippen molar-refractivity contribution >= 4 is 22.2 Å². The number of fused-ring (bicyclic) bond motifs is 1. The molecule has 3 aromatic heterocycles. The molecule has 1 fully saturated rings. The van der Waals surface area contributed by atoms with Gasteiger partial charge in [-0.1, -0.05) is 12.8 Å². The number of pyridine rings is 1. The Morgan fingerprint density at radius 3 is 2.84 bits per heavy atom. The van der Waals surface area contributed by atoms with Crippen LogP contribution in [0.4, 0.5) is 0 Å². The van der Waals surface area contributed by atoms with Gasteiger partial charge in [0.15, 0.2) is 0 Å². The summed E-state index contributed by atoms with van der Waals surface area (Å²) in [7, 11) is 0. The summed E-state index contributed by atoms with van der Waals surface area (Å²) in [4.78, 5) is 16.3. The standard InChI is InChI=1S/C19H16N4OS/c20-6-5-15-7-12(11-25-15)16-10-23(14-3-1-2-4-14)18-13(8-21)9-22-19(24)17(16)18/h7,9-11,14H,1-5H2,(H,22,24). The van der Waals surface area contributed by atoms with Crippen LogP contribution >= 0.6 is 11.3 Å². The van der Waals surface area contributed by atoms with Crippen LogP contribution in [0.1, 0.15) is 42.2 Å². The highest BCUT2D eigenvalue weighted by Gasteiger charge is 2.24. The summed E-state index contributed by atoms with van der Waals surface area (Å²) in [5, 5.41) is 21.0. The normalized spacial score (nSPS) is 14.6. The average Bonchev–Trinajstić information content (AvgIpc) is 3.34. The Bertz CT molecular complexity index is 1080. The number of aromatic amines is 1. The Morgan fingerprint density at radius 1 is 1.32 bits per heavy atom. The van der Waals surface area contributed by atoms with Crippen molar-refractivity contribution in [3.63, 3.8) is 0 Å². The number of nitrogens with zero attached hydrogens (tertiary/aromatic N) is 3. The zero-order valence-corrected chi connectivity index (χ0v) is 14.4. The molecule has 0 atom stereocenters. The Labute approximate surface area is 148 Å². The second kappa shape index (κ2) is 6.23. The van der Waals surface area contributed by atoms with Gasteiger partial charge in [0.1, 0.15) is 6.07 Å². The second-order valence-electron chi connectivity index (χ2n) is 6.39. The third-order valence-electron chi connectivity index (χ3n) is 4.92. The van der Waals surface area contributed by atoms with Gasteiger partial charge in [0.05, 0.1) is 29.0 Å². The minimum Gasteiger partial charge on any atom is -0.342 e. The van der Waals surface area contributed by atoms with Gasteiger partial charge in [0.2, 0.25) is 0 Å². The van der Waals surface area contributed by atoms with Crippen molar-refractivity contribution in [2.45, 2.75) is 38.1 Å². The first kappa shape index (κ1) is 15.7. The Kier molecular flexibility index (Phi) is 3.91. The predicted molar refractivity (Wildman–Crippen MR) is 97.4 cm³/mol. The zero-order chi connectivity index (χ0) is 17.4. The van der Waals surface area contributed by atoms with Gasteiger partial charge in [-0.05, 0) is 29.9 Å². The van der Waals surface area contributed by atoms with E-state index in [9.17, 15) is 10.1 Å². The summed E-state index contributed by atoms with van der Waals surface area (Å²) < 4.78 is 2.13. The lowest BCUT2D eigenvalue weighted by Crippen LogP contribution is -2.09. The van der Waals surface area contributed by atoms with Crippen molar-refractivity contribution in [3.8, 4) is 23.3 Å². The first-order chi connectivity index (χ1) is 12.2. The van der Waals surface area contributed by atoms with Crippen LogP contribution in [-0.2, 0) is 6.42 Å². The molecule has 4 rings (SSSR count). The highest BCUT2D eigenvalue weighted by Crippen LogP contribution is 2.38. The van der Waals surface area contributed by atoms with Gasteiger partial charge in [-0.15, -0.1) is 11.3 Å². The van der Waals surface area contributed by atoms with Crippen molar-refractivity contribution in [1.29, 1.82) is 10.5 Å². The predicted octanol–water partition coefficient (Wildman–Crippen LogP) is 4.11. The van der Waals surface area contributed by atoms with Crippen LogP contribution in [0, 0.1) is 22.7 Å². The molecule has 1 aliphatic carbocycles. The molecule has 3 heterocycles. The number of nitriles is 2. The molecule has 124 valence electrons. The number of aromatic nitrogens is 2. The first-order valence-corrected chi connectivity index (χ1v) is 9.22. The van der Waals surface area contributed by atoms with Crippen LogP contribution < -0.4 is 5.56 Å². The molecule has 0 aliphatic heterocycles. The molecule has 1 aliphatic rings. The van der Waals surface area contributed by atoms with Crippen molar-refractivity contribution in [2.24, 2.45) is 0 Å². The lowest BCUT2D eigenvalue weighted by molar-refractivity contribution is 0.535. The molecule has 0 bridgehead atoms. The van der Waals surface area contributed by atoms with E-state index in [4.69, 9.17) is 5.26 Å². The minimum atomic E-state index is -0.172. The van der Waals surface area contributed by atoms with Gasteiger partial charge in [0, 0.05) is 28.9 Å². The Morgan fingerprint density at radius 2 is 2.12 bits per heavy atom. The quantitative estimate of drug-likeness (QED) is 0.773. The first-order valence-electron chi connectivity index (χ1n) is 8.34. The summed E-state index contributed by atoms with van der Waals surface area (Å²) in [6.45, 7) is 0. The Balaban J connectivity index is 2.00. The second-order valence-corrected chi connectivity index (χ2v) is 7.39. The van der Waals surface area contributed by atoms with Crippen LogP contribution in [0.5, 0.6) is 0 Å². The van der Waals surface area contributed by atoms with Gasteiger partial charge in [0.25, 0.3) is 5.56 Å². The molecule has 1 N–H and O–H groups in total. The summed E-state index contributed by atoms with van der Waals surface area (Å²) >= 11 is 1.53. The number of nitrogens with one attached hydrogen (secondary N) is 1. The molecule has 0 saturated heterocycles. The van der Waals surface area contributed by atoms with E-state index in [0.29, 0.717) is 23.4 Å². The number of rotatable bonds is 3. The minimum absolute atomic E-state index is 0.172. The van der Waals surface area contributed by atoms with Gasteiger partial charge >= 0.3 is 0 Å². The molecular weight excluding hydrogens is 332 g/mol. The molecule has 0 amide bonds. The van der Waals surface area contributed by atoms with Crippen molar-refractivity contribution in [1.82, 2.24) is 9.55 Å². The fourth-order valence-corrected chi connectivity index (χ4v) is 4.59. The molecule has 5 nitrogen and oxygen atoms in total. The topological polar surface area (TPSA) is 85.4 Å². The number of hydrogen-bond donors (Lipinski definition) is 1. The number of H-pyrrole nitrogens is 1. The fraction of sp³-hybridized carbons (Fsp3) is 0.316. The lowest BCUT2D eigenvalue weighted by atomic mass is 10.1. The molecule has 0 spiro atoms. The van der Waals surface area contributed by atoms with E-state index in [1.807, 2.05) is 17.6 Å². The van der Waals surface area contributed by atoms with Crippen LogP contribution in [0.15, 0.2) is 28.6 Å². The number of hydrogen-bond acceptors (Lipinski definition) is 4. The highest BCUT2D eigenvalue weighted by molar-refractivity contribution is 7.10. The molecule has 0 unspecified atom stereocenters. The summed E-state index contributed by atoms with van der Waals surface area (Å²) in [6, 6.07) is 6.69. The molecule has 3 aromatic rings. The van der Waals surface area contributed by atoms with Crippen LogP contribution in [0.25, 0.3) is 22.0 Å². The Hall–Kier alpha value is -2.83. The maximum Gasteiger partial charge on any atom is 0.258 e. The van der Waals surface area contributed by atoms with Gasteiger partial charge in [-0.25, -0.2) is 0 Å². The zero-order valence-electron chi connectivity index (χ0n) is 13.6. The van der Waals surface area contributed by atoms with E-state index in [0.717, 1.165) is 34.4 Å². The highest BCUT2D eigenvalue weighted by atomic mass is 32.1. The van der Waals surface area contributed by atoms with Crippen molar-refractivity contribution < 1.29 is 0 Å². The smallest absolute Gasteiger partial charge is 0.258 e. The van der Waals surface area contributed by atoms with E-state index in [1.165, 1.54) is 30.4 Å². The van der Waals surface area contributed by atoms with E-state index in [-0.39, 0.29) is 5.56 Å². The third-order valence-corrected chi connectivity index (χ3v) is 5.86. The lowest BCUT2D eigenvalue weighted by Gasteiger charge is -2.13. The number of thiophene rings is 1. The molecule has 25 heavy (non-hydrogen) atoms. The maximum atomic E-state index is 12.6. The molecular formula is C19H16N4OS. The average molecular weight is 348 g/mol. The molecule has 1 saturated carbocycles. The van der Waals surface area contributed by atoms with Gasteiger partial charge in [-0.2, -0.15) is 10.5 Å². The third kappa shape index (κ3) is 2.56. The van der Waals surface area contributed by atoms with E-state index in [2.05, 4.69) is 21.7 Å². The fourth-order valence-electron chi connectivity index (χ4n) is 3.77. The van der Waals surface area contributed by atoms with Crippen LogP contribution in [-0.4, -0.2) is 9.55 Å². The van der Waals surface area contributed by atoms with Gasteiger partial charge < -0.3 is 9.55 Å². The SMILES string of the molecule is N#CCc1cc(-c2cn(C3CCCC3)c3c(C#N)c[nH]c(=O)c23)cs1. The van der Waals surface area contributed by atoms with Crippen molar-refractivity contribution in [3.05, 3.63) is 44.6 Å². The van der Waals surface area contributed by atoms with Crippen LogP contribution in [0.2, 0.25) is 0 Å². The van der Waals surface area contributed by atoms with E-state index >= 15 is 0 Å². The monoisotopic (exact) mass is 348 g/mol. The largest absolute Gasteiger partial charge is 0.342 e. The van der Waals surface area contributed by atoms with E-state index < -0.39 is 0 Å². The summed E-state index contributed by atoms with van der Waals surface area (Å²) in [5.74, 6) is 0. The molecule has 6 heteroatoms. The van der Waals surface area contributed by atoms with Crippen LogP contribution in [0.3, 0.4) is 0 Å². The summed E-state index contributed by atoms with van der Waals surface area (Å²) in [6.07, 6.45) is 8.40. The van der Waals surface area contributed by atoms with Crippen molar-refractivity contribution in [2.75, 3.05) is 0 Å². The molecule has 0 radical (unpaired) electrons. The molecule has 0 aromatic carbocycles. The van der Waals surface area contributed by atoms with E-state index in [1.54, 1.807) is 0 Å². The maximum absolute atomic E-state index is 12.6. The summed E-state index contributed by atoms with van der Waals surface area (Å²) in [5.41, 5.74) is 2.86. The van der Waals surface area contributed by atoms with Gasteiger partial charge in [-0.3, -0.25) is 4.79 Å².